The minimum Gasteiger partial charge on any atom is -0.355 e. The highest BCUT2D eigenvalue weighted by atomic mass is 16.1. The molecule has 1 heterocycles. The first-order valence-corrected chi connectivity index (χ1v) is 7.22. The Morgan fingerprint density at radius 2 is 2.00 bits per heavy atom. The number of nitrogens with one attached hydrogen (secondary N) is 2. The first-order valence-electron chi connectivity index (χ1n) is 7.22. The van der Waals surface area contributed by atoms with E-state index in [1.165, 1.54) is 0 Å². The Labute approximate surface area is 125 Å². The van der Waals surface area contributed by atoms with Crippen molar-refractivity contribution < 1.29 is 4.79 Å². The van der Waals surface area contributed by atoms with Crippen molar-refractivity contribution in [3.05, 3.63) is 48.3 Å². The van der Waals surface area contributed by atoms with Crippen LogP contribution in [0.5, 0.6) is 0 Å². The van der Waals surface area contributed by atoms with Crippen LogP contribution in [0.3, 0.4) is 0 Å². The molecule has 2 rings (SSSR count). The molecule has 1 aromatic heterocycles. The molecule has 0 unspecified atom stereocenters. The molecular formula is C16H22N4O. The van der Waals surface area contributed by atoms with Crippen LogP contribution in [0, 0.1) is 5.92 Å². The molecular weight excluding hydrogens is 264 g/mol. The molecule has 112 valence electrons. The summed E-state index contributed by atoms with van der Waals surface area (Å²) in [6, 6.07) is 11.9. The zero-order valence-electron chi connectivity index (χ0n) is 12.5. The lowest BCUT2D eigenvalue weighted by Crippen LogP contribution is -2.35. The van der Waals surface area contributed by atoms with Crippen LogP contribution < -0.4 is 10.6 Å². The number of hydrogen-bond acceptors (Lipinski definition) is 3. The largest absolute Gasteiger partial charge is 0.355 e. The Hall–Kier alpha value is -2.14. The van der Waals surface area contributed by atoms with Crippen LogP contribution in [0.1, 0.15) is 19.5 Å². The molecule has 0 fully saturated rings. The van der Waals surface area contributed by atoms with E-state index < -0.39 is 0 Å². The molecule has 0 aliphatic rings. The van der Waals surface area contributed by atoms with E-state index in [4.69, 9.17) is 0 Å². The van der Waals surface area contributed by atoms with Crippen LogP contribution in [0.4, 0.5) is 0 Å². The van der Waals surface area contributed by atoms with Crippen molar-refractivity contribution in [2.45, 2.75) is 20.4 Å². The van der Waals surface area contributed by atoms with E-state index in [0.717, 1.165) is 11.4 Å². The van der Waals surface area contributed by atoms with Gasteiger partial charge in [-0.15, -0.1) is 0 Å². The highest BCUT2D eigenvalue weighted by Gasteiger charge is 2.04. The normalized spacial score (nSPS) is 10.8. The van der Waals surface area contributed by atoms with Crippen LogP contribution in [0.2, 0.25) is 0 Å². The highest BCUT2D eigenvalue weighted by molar-refractivity contribution is 5.77. The third-order valence-electron chi connectivity index (χ3n) is 2.96. The summed E-state index contributed by atoms with van der Waals surface area (Å²) < 4.78 is 1.83. The van der Waals surface area contributed by atoms with Gasteiger partial charge in [-0.3, -0.25) is 4.79 Å². The molecule has 5 nitrogen and oxygen atoms in total. The van der Waals surface area contributed by atoms with Gasteiger partial charge in [0.1, 0.15) is 0 Å². The van der Waals surface area contributed by atoms with E-state index >= 15 is 0 Å². The summed E-state index contributed by atoms with van der Waals surface area (Å²) in [7, 11) is 0. The van der Waals surface area contributed by atoms with E-state index in [0.29, 0.717) is 25.6 Å². The molecule has 0 spiro atoms. The molecule has 0 aliphatic heterocycles. The summed E-state index contributed by atoms with van der Waals surface area (Å²) in [4.78, 5) is 11.6. The molecule has 0 radical (unpaired) electrons. The van der Waals surface area contributed by atoms with Gasteiger partial charge in [-0.1, -0.05) is 32.0 Å². The molecule has 2 aromatic rings. The molecule has 1 aromatic carbocycles. The number of amides is 1. The van der Waals surface area contributed by atoms with Gasteiger partial charge < -0.3 is 10.6 Å². The van der Waals surface area contributed by atoms with Gasteiger partial charge in [0, 0.05) is 19.3 Å². The Kier molecular flexibility index (Phi) is 5.51. The van der Waals surface area contributed by atoms with Crippen LogP contribution >= 0.6 is 0 Å². The minimum absolute atomic E-state index is 0.0196. The van der Waals surface area contributed by atoms with Gasteiger partial charge in [0.25, 0.3) is 0 Å². The summed E-state index contributed by atoms with van der Waals surface area (Å²) in [5.41, 5.74) is 1.94. The summed E-state index contributed by atoms with van der Waals surface area (Å²) in [6.07, 6.45) is 1.92. The molecule has 2 N–H and O–H groups in total. The topological polar surface area (TPSA) is 59.0 Å². The Morgan fingerprint density at radius 3 is 2.71 bits per heavy atom. The lowest BCUT2D eigenvalue weighted by Gasteiger charge is -2.07. The summed E-state index contributed by atoms with van der Waals surface area (Å²) >= 11 is 0. The van der Waals surface area contributed by atoms with Crippen molar-refractivity contribution in [2.24, 2.45) is 5.92 Å². The van der Waals surface area contributed by atoms with E-state index in [1.54, 1.807) is 0 Å². The van der Waals surface area contributed by atoms with Crippen LogP contribution in [-0.2, 0) is 11.3 Å². The van der Waals surface area contributed by atoms with Gasteiger partial charge in [-0.05, 0) is 24.1 Å². The second-order valence-corrected chi connectivity index (χ2v) is 5.39. The average molecular weight is 286 g/mol. The lowest BCUT2D eigenvalue weighted by molar-refractivity contribution is -0.120. The molecule has 1 amide bonds. The van der Waals surface area contributed by atoms with Crippen LogP contribution in [-0.4, -0.2) is 28.8 Å². The molecule has 0 atom stereocenters. The number of nitrogens with zero attached hydrogens (tertiary/aromatic N) is 2. The van der Waals surface area contributed by atoms with Gasteiger partial charge in [0.15, 0.2) is 0 Å². The summed E-state index contributed by atoms with van der Waals surface area (Å²) in [5, 5.41) is 10.4. The number of benzene rings is 1. The monoisotopic (exact) mass is 286 g/mol. The van der Waals surface area contributed by atoms with Gasteiger partial charge >= 0.3 is 0 Å². The maximum atomic E-state index is 11.6. The van der Waals surface area contributed by atoms with Gasteiger partial charge in [-0.25, -0.2) is 4.68 Å². The average Bonchev–Trinajstić information content (AvgIpc) is 2.95. The van der Waals surface area contributed by atoms with Crippen molar-refractivity contribution >= 4 is 5.91 Å². The minimum atomic E-state index is 0.0196. The third-order valence-corrected chi connectivity index (χ3v) is 2.96. The third kappa shape index (κ3) is 5.04. The number of carbonyl (C=O) groups excluding carboxylic acids is 1. The first-order chi connectivity index (χ1) is 10.1. The summed E-state index contributed by atoms with van der Waals surface area (Å²) in [5.74, 6) is 0.488. The number of rotatable bonds is 7. The SMILES string of the molecule is CC(C)CNC(=O)CNCc1ccn(-c2ccccc2)n1. The maximum Gasteiger partial charge on any atom is 0.233 e. The van der Waals surface area contributed by atoms with Crippen molar-refractivity contribution in [1.29, 1.82) is 0 Å². The predicted molar refractivity (Wildman–Crippen MR) is 83.1 cm³/mol. The fourth-order valence-electron chi connectivity index (χ4n) is 1.87. The number of carbonyl (C=O) groups is 1. The molecule has 5 heteroatoms. The zero-order valence-corrected chi connectivity index (χ0v) is 12.5. The highest BCUT2D eigenvalue weighted by Crippen LogP contribution is 2.06. The maximum absolute atomic E-state index is 11.6. The standard InChI is InChI=1S/C16H22N4O/c1-13(2)10-18-16(21)12-17-11-14-8-9-20(19-14)15-6-4-3-5-7-15/h3-9,13,17H,10-12H2,1-2H3,(H,18,21). The van der Waals surface area contributed by atoms with Crippen molar-refractivity contribution in [3.63, 3.8) is 0 Å². The Bertz CT molecular complexity index is 563. The Morgan fingerprint density at radius 1 is 1.24 bits per heavy atom. The fraction of sp³-hybridized carbons (Fsp3) is 0.375. The van der Waals surface area contributed by atoms with E-state index in [1.807, 2.05) is 47.3 Å². The second kappa shape index (κ2) is 7.59. The van der Waals surface area contributed by atoms with Crippen molar-refractivity contribution in [3.8, 4) is 5.69 Å². The van der Waals surface area contributed by atoms with Crippen molar-refractivity contribution in [1.82, 2.24) is 20.4 Å². The molecule has 0 bridgehead atoms. The van der Waals surface area contributed by atoms with Crippen LogP contribution in [0.25, 0.3) is 5.69 Å². The number of aromatic nitrogens is 2. The lowest BCUT2D eigenvalue weighted by atomic mass is 10.2. The fourth-order valence-corrected chi connectivity index (χ4v) is 1.87. The van der Waals surface area contributed by atoms with Gasteiger partial charge in [0.05, 0.1) is 17.9 Å². The number of para-hydroxylation sites is 1. The molecule has 0 saturated carbocycles. The molecule has 0 aliphatic carbocycles. The molecule has 0 saturated heterocycles. The van der Waals surface area contributed by atoms with Gasteiger partial charge in [0.2, 0.25) is 5.91 Å². The summed E-state index contributed by atoms with van der Waals surface area (Å²) in [6.45, 7) is 5.75. The number of hydrogen-bond donors (Lipinski definition) is 2. The first kappa shape index (κ1) is 15.3. The van der Waals surface area contributed by atoms with E-state index in [9.17, 15) is 4.79 Å². The zero-order chi connectivity index (χ0) is 15.1. The van der Waals surface area contributed by atoms with Crippen molar-refractivity contribution in [2.75, 3.05) is 13.1 Å². The van der Waals surface area contributed by atoms with Gasteiger partial charge in [-0.2, -0.15) is 5.10 Å². The Balaban J connectivity index is 1.77. The second-order valence-electron chi connectivity index (χ2n) is 5.39. The molecule has 21 heavy (non-hydrogen) atoms. The predicted octanol–water partition coefficient (Wildman–Crippen LogP) is 1.73. The van der Waals surface area contributed by atoms with E-state index in [2.05, 4.69) is 29.6 Å². The van der Waals surface area contributed by atoms with E-state index in [-0.39, 0.29) is 5.91 Å². The quantitative estimate of drug-likeness (QED) is 0.815. The van der Waals surface area contributed by atoms with Crippen LogP contribution in [0.15, 0.2) is 42.6 Å². The smallest absolute Gasteiger partial charge is 0.233 e.